The summed E-state index contributed by atoms with van der Waals surface area (Å²) in [6, 6.07) is 15.8. The van der Waals surface area contributed by atoms with Crippen LogP contribution in [0, 0.1) is 35.4 Å². The van der Waals surface area contributed by atoms with E-state index in [4.69, 9.17) is 0 Å². The number of thiazole rings is 1. The average Bonchev–Trinajstić information content (AvgIpc) is 3.54. The fourth-order valence-corrected chi connectivity index (χ4v) is 9.78. The van der Waals surface area contributed by atoms with Crippen molar-refractivity contribution in [2.75, 3.05) is 4.90 Å². The van der Waals surface area contributed by atoms with Gasteiger partial charge in [-0.1, -0.05) is 41.7 Å². The number of hydrogen-bond donors (Lipinski definition) is 1. The highest BCUT2D eigenvalue weighted by Crippen LogP contribution is 2.68. The number of halogens is 1. The van der Waals surface area contributed by atoms with Crippen LogP contribution in [0.3, 0.4) is 0 Å². The van der Waals surface area contributed by atoms with Crippen LogP contribution in [0.1, 0.15) is 22.8 Å². The summed E-state index contributed by atoms with van der Waals surface area (Å²) in [5, 5.41) is 1.08. The van der Waals surface area contributed by atoms with Gasteiger partial charge in [-0.2, -0.15) is 0 Å². The molecule has 2 saturated carbocycles. The van der Waals surface area contributed by atoms with E-state index in [2.05, 4.69) is 17.1 Å². The van der Waals surface area contributed by atoms with Crippen LogP contribution in [0.25, 0.3) is 0 Å². The number of anilines is 1. The summed E-state index contributed by atoms with van der Waals surface area (Å²) in [7, 11) is 0. The van der Waals surface area contributed by atoms with E-state index in [1.807, 2.05) is 18.2 Å². The minimum Gasteiger partial charge on any atom is -0.307 e. The van der Waals surface area contributed by atoms with E-state index in [0.29, 0.717) is 5.69 Å². The summed E-state index contributed by atoms with van der Waals surface area (Å²) >= 11 is 2.95. The second-order valence-corrected chi connectivity index (χ2v) is 11.6. The molecule has 7 atom stereocenters. The predicted molar refractivity (Wildman–Crippen MR) is 124 cm³/mol. The largest absolute Gasteiger partial charge is 0.307 e. The Balaban J connectivity index is 1.33. The molecule has 8 heteroatoms. The molecule has 166 valence electrons. The maximum atomic E-state index is 13.6. The van der Waals surface area contributed by atoms with E-state index in [-0.39, 0.29) is 57.4 Å². The van der Waals surface area contributed by atoms with Crippen molar-refractivity contribution in [3.05, 3.63) is 80.5 Å². The molecule has 3 fully saturated rings. The first kappa shape index (κ1) is 19.7. The molecule has 6 unspecified atom stereocenters. The van der Waals surface area contributed by atoms with Gasteiger partial charge in [-0.25, -0.2) is 4.39 Å². The summed E-state index contributed by atoms with van der Waals surface area (Å²) in [5.74, 6) is -1.03. The lowest BCUT2D eigenvalue weighted by Gasteiger charge is -2.43. The highest BCUT2D eigenvalue weighted by Gasteiger charge is 2.69. The lowest BCUT2D eigenvalue weighted by atomic mass is 9.68. The van der Waals surface area contributed by atoms with E-state index in [1.54, 1.807) is 11.8 Å². The minimum absolute atomic E-state index is 0.0372. The first-order valence-electron chi connectivity index (χ1n) is 11.1. The van der Waals surface area contributed by atoms with E-state index >= 15 is 0 Å². The fourth-order valence-electron chi connectivity index (χ4n) is 6.90. The number of thioether (sulfide) groups is 1. The lowest BCUT2D eigenvalue weighted by molar-refractivity contribution is -0.123. The van der Waals surface area contributed by atoms with Gasteiger partial charge in [0, 0.05) is 16.0 Å². The molecule has 2 bridgehead atoms. The Morgan fingerprint density at radius 3 is 2.33 bits per heavy atom. The van der Waals surface area contributed by atoms with Crippen molar-refractivity contribution in [1.82, 2.24) is 4.98 Å². The van der Waals surface area contributed by atoms with E-state index in [9.17, 15) is 18.8 Å². The summed E-state index contributed by atoms with van der Waals surface area (Å²) in [6.07, 6.45) is 0.856. The van der Waals surface area contributed by atoms with Crippen molar-refractivity contribution in [3.63, 3.8) is 0 Å². The minimum atomic E-state index is -0.397. The Morgan fingerprint density at radius 2 is 1.61 bits per heavy atom. The number of hydrogen-bond acceptors (Lipinski definition) is 5. The quantitative estimate of drug-likeness (QED) is 0.559. The van der Waals surface area contributed by atoms with Crippen LogP contribution >= 0.6 is 23.1 Å². The number of carbonyl (C=O) groups excluding carboxylic acids is 2. The maximum absolute atomic E-state index is 13.6. The second-order valence-electron chi connectivity index (χ2n) is 9.36. The van der Waals surface area contributed by atoms with Gasteiger partial charge in [0.2, 0.25) is 11.8 Å². The Morgan fingerprint density at radius 1 is 0.909 bits per heavy atom. The van der Waals surface area contributed by atoms with Crippen LogP contribution in [-0.2, 0) is 9.59 Å². The van der Waals surface area contributed by atoms with Gasteiger partial charge in [0.05, 0.1) is 22.5 Å². The molecule has 2 amide bonds. The van der Waals surface area contributed by atoms with Crippen LogP contribution in [0.15, 0.2) is 64.4 Å². The third-order valence-electron chi connectivity index (χ3n) is 7.97. The Kier molecular flexibility index (Phi) is 4.13. The number of rotatable bonds is 2. The third-order valence-corrected chi connectivity index (χ3v) is 10.6. The molecule has 33 heavy (non-hydrogen) atoms. The molecule has 0 radical (unpaired) electrons. The maximum Gasteiger partial charge on any atom is 0.305 e. The van der Waals surface area contributed by atoms with Gasteiger partial charge in [0.25, 0.3) is 0 Å². The molecule has 2 aromatic carbocycles. The number of fused-ring (bicyclic) bond motifs is 9. The number of carbonyl (C=O) groups is 2. The van der Waals surface area contributed by atoms with Crippen molar-refractivity contribution in [2.24, 2.45) is 29.6 Å². The van der Waals surface area contributed by atoms with Crippen LogP contribution in [0.5, 0.6) is 0 Å². The topological polar surface area (TPSA) is 70.2 Å². The molecule has 1 saturated heterocycles. The molecule has 3 aromatic rings. The molecule has 1 N–H and O–H groups in total. The Labute approximate surface area is 197 Å². The van der Waals surface area contributed by atoms with Crippen LogP contribution in [-0.4, -0.2) is 22.0 Å². The van der Waals surface area contributed by atoms with Gasteiger partial charge >= 0.3 is 4.87 Å². The number of nitrogens with zero attached hydrogens (tertiary/aromatic N) is 1. The molecule has 2 aliphatic heterocycles. The first-order chi connectivity index (χ1) is 16.0. The standard InChI is InChI=1S/C25H19FN2O3S2/c26-12-6-8-13(9-7-12)28-23(29)18-14-10-15(19(18)24(28)30)20-17(14)16(11-4-2-1-3-5-11)21-22(32-20)27-25(31)33-21/h1-9,14-20H,10H2,(H,27,31)/t14?,15?,16-,17?,18?,19?,20?/m1/s1. The van der Waals surface area contributed by atoms with Crippen LogP contribution < -0.4 is 9.77 Å². The normalized spacial score (nSPS) is 33.8. The molecule has 3 heterocycles. The Hall–Kier alpha value is -2.71. The van der Waals surface area contributed by atoms with Gasteiger partial charge in [-0.3, -0.25) is 19.3 Å². The van der Waals surface area contributed by atoms with E-state index in [1.165, 1.54) is 40.5 Å². The number of amides is 2. The monoisotopic (exact) mass is 478 g/mol. The smallest absolute Gasteiger partial charge is 0.305 e. The molecule has 4 aliphatic rings. The van der Waals surface area contributed by atoms with Gasteiger partial charge < -0.3 is 4.98 Å². The molecule has 2 aliphatic carbocycles. The summed E-state index contributed by atoms with van der Waals surface area (Å²) in [4.78, 5) is 44.6. The van der Waals surface area contributed by atoms with E-state index < -0.39 is 5.82 Å². The third kappa shape index (κ3) is 2.62. The van der Waals surface area contributed by atoms with Gasteiger partial charge in [0.1, 0.15) is 5.82 Å². The predicted octanol–water partition coefficient (Wildman–Crippen LogP) is 4.25. The lowest BCUT2D eigenvalue weighted by Crippen LogP contribution is -2.42. The molecule has 1 aromatic heterocycles. The zero-order chi connectivity index (χ0) is 22.4. The Bertz CT molecular complexity index is 1350. The molecule has 5 nitrogen and oxygen atoms in total. The van der Waals surface area contributed by atoms with Gasteiger partial charge in [-0.15, -0.1) is 11.8 Å². The average molecular weight is 479 g/mol. The number of nitrogens with one attached hydrogen (secondary N) is 1. The molecule has 7 rings (SSSR count). The number of aromatic nitrogens is 1. The second kappa shape index (κ2) is 6.90. The number of imide groups is 1. The van der Waals surface area contributed by atoms with Crippen molar-refractivity contribution < 1.29 is 14.0 Å². The van der Waals surface area contributed by atoms with Crippen molar-refractivity contribution in [1.29, 1.82) is 0 Å². The zero-order valence-electron chi connectivity index (χ0n) is 17.3. The first-order valence-corrected chi connectivity index (χ1v) is 12.8. The van der Waals surface area contributed by atoms with Crippen molar-refractivity contribution in [3.8, 4) is 0 Å². The molecular formula is C25H19FN2O3S2. The summed E-state index contributed by atoms with van der Waals surface area (Å²) in [5.41, 5.74) is 1.60. The zero-order valence-corrected chi connectivity index (χ0v) is 18.9. The summed E-state index contributed by atoms with van der Waals surface area (Å²) in [6.45, 7) is 0. The number of H-pyrrole nitrogens is 1. The highest BCUT2D eigenvalue weighted by atomic mass is 32.2. The highest BCUT2D eigenvalue weighted by molar-refractivity contribution is 8.00. The number of benzene rings is 2. The van der Waals surface area contributed by atoms with Gasteiger partial charge in [-0.05, 0) is 54.0 Å². The number of aromatic amines is 1. The summed E-state index contributed by atoms with van der Waals surface area (Å²) < 4.78 is 13.5. The van der Waals surface area contributed by atoms with Crippen LogP contribution in [0.4, 0.5) is 10.1 Å². The molecule has 0 spiro atoms. The van der Waals surface area contributed by atoms with E-state index in [0.717, 1.165) is 21.9 Å². The van der Waals surface area contributed by atoms with Crippen LogP contribution in [0.2, 0.25) is 0 Å². The molecular weight excluding hydrogens is 459 g/mol. The fraction of sp³-hybridized carbons (Fsp3) is 0.320. The van der Waals surface area contributed by atoms with Crippen molar-refractivity contribution >= 4 is 40.6 Å². The van der Waals surface area contributed by atoms with Gasteiger partial charge in [0.15, 0.2) is 0 Å². The van der Waals surface area contributed by atoms with Crippen molar-refractivity contribution in [2.45, 2.75) is 22.6 Å². The SMILES string of the molecule is O=C1C2C3CC(C2C(=O)N1c1ccc(F)cc1)C1C3Sc2[nH]c(=O)sc2[C@@H]1c1ccccc1.